The van der Waals surface area contributed by atoms with Crippen LogP contribution in [0.1, 0.15) is 23.2 Å². The van der Waals surface area contributed by atoms with E-state index >= 15 is 0 Å². The molecule has 4 nitrogen and oxygen atoms in total. The van der Waals surface area contributed by atoms with Crippen LogP contribution < -0.4 is 10.6 Å². The molecule has 5 heteroatoms. The van der Waals surface area contributed by atoms with Crippen molar-refractivity contribution in [2.24, 2.45) is 0 Å². The zero-order chi connectivity index (χ0) is 13.0. The molecule has 1 amide bonds. The van der Waals surface area contributed by atoms with Crippen molar-refractivity contribution in [2.45, 2.75) is 18.9 Å². The summed E-state index contributed by atoms with van der Waals surface area (Å²) in [6.07, 6.45) is 2.21. The predicted octanol–water partition coefficient (Wildman–Crippen LogP) is 2.29. The van der Waals surface area contributed by atoms with E-state index in [1.54, 1.807) is 19.2 Å². The molecule has 98 valence electrons. The molecule has 1 saturated heterocycles. The quantitative estimate of drug-likeness (QED) is 0.881. The Morgan fingerprint density at radius 3 is 3.06 bits per heavy atom. The van der Waals surface area contributed by atoms with Gasteiger partial charge in [0.2, 0.25) is 0 Å². The minimum atomic E-state index is -0.160. The van der Waals surface area contributed by atoms with Crippen molar-refractivity contribution in [1.29, 1.82) is 0 Å². The van der Waals surface area contributed by atoms with E-state index in [1.807, 2.05) is 6.07 Å². The fraction of sp³-hybridized carbons (Fsp3) is 0.462. The van der Waals surface area contributed by atoms with Crippen molar-refractivity contribution in [1.82, 2.24) is 5.32 Å². The molecule has 0 saturated carbocycles. The molecule has 1 aliphatic heterocycles. The summed E-state index contributed by atoms with van der Waals surface area (Å²) < 4.78 is 5.45. The Hall–Kier alpha value is -1.26. The summed E-state index contributed by atoms with van der Waals surface area (Å²) >= 11 is 6.02. The summed E-state index contributed by atoms with van der Waals surface area (Å²) in [5.74, 6) is -0.160. The summed E-state index contributed by atoms with van der Waals surface area (Å²) in [7, 11) is 1.80. The van der Waals surface area contributed by atoms with Crippen LogP contribution in [-0.4, -0.2) is 32.2 Å². The number of rotatable bonds is 4. The van der Waals surface area contributed by atoms with Gasteiger partial charge in [0.15, 0.2) is 0 Å². The van der Waals surface area contributed by atoms with Crippen molar-refractivity contribution in [3.8, 4) is 0 Å². The van der Waals surface area contributed by atoms with E-state index in [4.69, 9.17) is 16.3 Å². The molecule has 0 radical (unpaired) electrons. The number of anilines is 1. The highest BCUT2D eigenvalue weighted by Gasteiger charge is 2.17. The smallest absolute Gasteiger partial charge is 0.252 e. The zero-order valence-corrected chi connectivity index (χ0v) is 11.1. The molecule has 2 N–H and O–H groups in total. The lowest BCUT2D eigenvalue weighted by Crippen LogP contribution is -2.31. The Morgan fingerprint density at radius 1 is 1.56 bits per heavy atom. The number of hydrogen-bond donors (Lipinski definition) is 2. The van der Waals surface area contributed by atoms with Gasteiger partial charge < -0.3 is 15.4 Å². The third-order valence-electron chi connectivity index (χ3n) is 3.01. The summed E-state index contributed by atoms with van der Waals surface area (Å²) in [4.78, 5) is 12.0. The maximum Gasteiger partial charge on any atom is 0.252 e. The lowest BCUT2D eigenvalue weighted by atomic mass is 10.1. The van der Waals surface area contributed by atoms with E-state index in [2.05, 4.69) is 10.6 Å². The van der Waals surface area contributed by atoms with Gasteiger partial charge in [-0.3, -0.25) is 4.79 Å². The third kappa shape index (κ3) is 3.15. The van der Waals surface area contributed by atoms with Gasteiger partial charge in [0.25, 0.3) is 5.91 Å². The summed E-state index contributed by atoms with van der Waals surface area (Å²) in [6.45, 7) is 1.33. The Morgan fingerprint density at radius 2 is 2.39 bits per heavy atom. The first-order chi connectivity index (χ1) is 8.70. The number of halogens is 1. The Bertz CT molecular complexity index is 431. The van der Waals surface area contributed by atoms with Gasteiger partial charge in [0.1, 0.15) is 0 Å². The first kappa shape index (κ1) is 13.2. The second-order valence-corrected chi connectivity index (χ2v) is 4.70. The van der Waals surface area contributed by atoms with Crippen molar-refractivity contribution < 1.29 is 9.53 Å². The van der Waals surface area contributed by atoms with Crippen LogP contribution in [0.15, 0.2) is 18.2 Å². The number of nitrogens with one attached hydrogen (secondary N) is 2. The number of amides is 1. The topological polar surface area (TPSA) is 50.4 Å². The average molecular weight is 269 g/mol. The second kappa shape index (κ2) is 6.07. The molecule has 0 aromatic heterocycles. The number of hydrogen-bond acceptors (Lipinski definition) is 3. The van der Waals surface area contributed by atoms with Gasteiger partial charge in [-0.2, -0.15) is 0 Å². The number of ether oxygens (including phenoxy) is 1. The summed E-state index contributed by atoms with van der Waals surface area (Å²) in [5.41, 5.74) is 1.35. The van der Waals surface area contributed by atoms with Gasteiger partial charge in [-0.05, 0) is 31.0 Å². The maximum absolute atomic E-state index is 12.0. The van der Waals surface area contributed by atoms with Gasteiger partial charge in [0, 0.05) is 25.9 Å². The first-order valence-corrected chi connectivity index (χ1v) is 6.45. The van der Waals surface area contributed by atoms with E-state index < -0.39 is 0 Å². The van der Waals surface area contributed by atoms with Crippen molar-refractivity contribution in [2.75, 3.05) is 25.5 Å². The predicted molar refractivity (Wildman–Crippen MR) is 72.3 cm³/mol. The van der Waals surface area contributed by atoms with Crippen LogP contribution in [0.5, 0.6) is 0 Å². The minimum Gasteiger partial charge on any atom is -0.388 e. The number of carbonyl (C=O) groups excluding carboxylic acids is 1. The molecule has 1 aliphatic rings. The molecule has 1 atom stereocenters. The van der Waals surface area contributed by atoms with E-state index in [9.17, 15) is 4.79 Å². The second-order valence-electron chi connectivity index (χ2n) is 4.29. The van der Waals surface area contributed by atoms with Crippen LogP contribution in [0.4, 0.5) is 5.69 Å². The van der Waals surface area contributed by atoms with Gasteiger partial charge >= 0.3 is 0 Å². The van der Waals surface area contributed by atoms with Crippen molar-refractivity contribution >= 4 is 23.2 Å². The normalized spacial score (nSPS) is 18.7. The van der Waals surface area contributed by atoms with Gasteiger partial charge in [-0.1, -0.05) is 11.6 Å². The van der Waals surface area contributed by atoms with Crippen LogP contribution in [0.2, 0.25) is 5.02 Å². The molecule has 2 rings (SSSR count). The molecule has 1 fully saturated rings. The van der Waals surface area contributed by atoms with Crippen molar-refractivity contribution in [3.05, 3.63) is 28.8 Å². The monoisotopic (exact) mass is 268 g/mol. The molecule has 0 bridgehead atoms. The zero-order valence-electron chi connectivity index (χ0n) is 10.3. The standard InChI is InChI=1S/C13H17ClN2O2/c1-15-9-4-5-12(14)11(7-9)13(17)16-8-10-3-2-6-18-10/h4-5,7,10,15H,2-3,6,8H2,1H3,(H,16,17). The first-order valence-electron chi connectivity index (χ1n) is 6.08. The Kier molecular flexibility index (Phi) is 4.44. The fourth-order valence-electron chi connectivity index (χ4n) is 1.96. The maximum atomic E-state index is 12.0. The molecule has 0 aliphatic carbocycles. The van der Waals surface area contributed by atoms with Gasteiger partial charge in [-0.25, -0.2) is 0 Å². The third-order valence-corrected chi connectivity index (χ3v) is 3.34. The van der Waals surface area contributed by atoms with E-state index in [-0.39, 0.29) is 12.0 Å². The molecule has 1 unspecified atom stereocenters. The van der Waals surface area contributed by atoms with E-state index in [0.29, 0.717) is 17.1 Å². The highest BCUT2D eigenvalue weighted by Crippen LogP contribution is 2.20. The van der Waals surface area contributed by atoms with Crippen molar-refractivity contribution in [3.63, 3.8) is 0 Å². The van der Waals surface area contributed by atoms with Crippen LogP contribution in [-0.2, 0) is 4.74 Å². The van der Waals surface area contributed by atoms with Gasteiger partial charge in [-0.15, -0.1) is 0 Å². The molecule has 18 heavy (non-hydrogen) atoms. The highest BCUT2D eigenvalue weighted by atomic mass is 35.5. The number of carbonyl (C=O) groups is 1. The lowest BCUT2D eigenvalue weighted by molar-refractivity contribution is 0.0858. The number of benzene rings is 1. The van der Waals surface area contributed by atoms with E-state index in [1.165, 1.54) is 0 Å². The van der Waals surface area contributed by atoms with Crippen LogP contribution in [0, 0.1) is 0 Å². The molecule has 0 spiro atoms. The Labute approximate surface area is 112 Å². The molecular weight excluding hydrogens is 252 g/mol. The van der Waals surface area contributed by atoms with Crippen LogP contribution >= 0.6 is 11.6 Å². The highest BCUT2D eigenvalue weighted by molar-refractivity contribution is 6.34. The minimum absolute atomic E-state index is 0.139. The summed E-state index contributed by atoms with van der Waals surface area (Å²) in [5, 5.41) is 6.30. The van der Waals surface area contributed by atoms with Crippen LogP contribution in [0.25, 0.3) is 0 Å². The largest absolute Gasteiger partial charge is 0.388 e. The fourth-order valence-corrected chi connectivity index (χ4v) is 2.17. The average Bonchev–Trinajstić information content (AvgIpc) is 2.89. The van der Waals surface area contributed by atoms with E-state index in [0.717, 1.165) is 25.1 Å². The van der Waals surface area contributed by atoms with Gasteiger partial charge in [0.05, 0.1) is 16.7 Å². The summed E-state index contributed by atoms with van der Waals surface area (Å²) in [6, 6.07) is 5.29. The molecule has 1 aromatic rings. The molecule has 1 aromatic carbocycles. The Balaban J connectivity index is 1.98. The lowest BCUT2D eigenvalue weighted by Gasteiger charge is -2.12. The molecular formula is C13H17ClN2O2. The SMILES string of the molecule is CNc1ccc(Cl)c(C(=O)NCC2CCCO2)c1. The van der Waals surface area contributed by atoms with Crippen LogP contribution in [0.3, 0.4) is 0 Å². The molecule has 1 heterocycles.